The van der Waals surface area contributed by atoms with Crippen LogP contribution in [0, 0.1) is 5.41 Å². The number of carbonyl (C=O) groups excluding carboxylic acids is 1. The lowest BCUT2D eigenvalue weighted by Crippen LogP contribution is -2.25. The van der Waals surface area contributed by atoms with Crippen LogP contribution in [-0.2, 0) is 11.2 Å². The Hall–Kier alpha value is -1.11. The van der Waals surface area contributed by atoms with Crippen molar-refractivity contribution in [3.8, 4) is 0 Å². The molecule has 0 saturated heterocycles. The molecule has 1 heteroatoms. The van der Waals surface area contributed by atoms with E-state index in [4.69, 9.17) is 0 Å². The lowest BCUT2D eigenvalue weighted by molar-refractivity contribution is -0.123. The van der Waals surface area contributed by atoms with Crippen molar-refractivity contribution in [2.24, 2.45) is 5.41 Å². The molecule has 1 atom stereocenters. The largest absolute Gasteiger partial charge is 0.300 e. The number of benzene rings is 1. The van der Waals surface area contributed by atoms with Gasteiger partial charge in [-0.05, 0) is 43.1 Å². The van der Waals surface area contributed by atoms with E-state index in [0.717, 1.165) is 25.7 Å². The molecule has 92 valence electrons. The van der Waals surface area contributed by atoms with Gasteiger partial charge in [0.05, 0.1) is 0 Å². The summed E-state index contributed by atoms with van der Waals surface area (Å²) in [7, 11) is 0. The summed E-state index contributed by atoms with van der Waals surface area (Å²) in [5.41, 5.74) is 1.70. The summed E-state index contributed by atoms with van der Waals surface area (Å²) in [6, 6.07) is 10.6. The fourth-order valence-electron chi connectivity index (χ4n) is 2.94. The number of Topliss-reactive ketones (excluding diaryl/α,β-unsaturated/α-hetero) is 1. The molecule has 1 saturated carbocycles. The highest BCUT2D eigenvalue weighted by atomic mass is 16.1. The molecule has 17 heavy (non-hydrogen) atoms. The van der Waals surface area contributed by atoms with Crippen molar-refractivity contribution < 1.29 is 4.79 Å². The van der Waals surface area contributed by atoms with Crippen molar-refractivity contribution in [2.45, 2.75) is 51.9 Å². The van der Waals surface area contributed by atoms with Crippen molar-refractivity contribution in [1.82, 2.24) is 0 Å². The summed E-state index contributed by atoms with van der Waals surface area (Å²) < 4.78 is 0. The van der Waals surface area contributed by atoms with Crippen molar-refractivity contribution in [2.75, 3.05) is 0 Å². The Morgan fingerprint density at radius 3 is 2.71 bits per heavy atom. The van der Waals surface area contributed by atoms with Gasteiger partial charge in [0.2, 0.25) is 0 Å². The molecular formula is C16H22O. The molecule has 1 fully saturated rings. The van der Waals surface area contributed by atoms with Crippen molar-refractivity contribution in [3.05, 3.63) is 35.9 Å². The summed E-state index contributed by atoms with van der Waals surface area (Å²) in [4.78, 5) is 11.5. The molecule has 0 bridgehead atoms. The summed E-state index contributed by atoms with van der Waals surface area (Å²) >= 11 is 0. The molecule has 0 N–H and O–H groups in total. The molecule has 0 unspecified atom stereocenters. The predicted octanol–water partition coefficient (Wildman–Crippen LogP) is 4.16. The molecule has 1 aliphatic carbocycles. The fourth-order valence-corrected chi connectivity index (χ4v) is 2.94. The van der Waals surface area contributed by atoms with Gasteiger partial charge >= 0.3 is 0 Å². The number of rotatable bonds is 4. The minimum atomic E-state index is 0.282. The van der Waals surface area contributed by atoms with Crippen molar-refractivity contribution in [3.63, 3.8) is 0 Å². The molecule has 1 aromatic rings. The van der Waals surface area contributed by atoms with Gasteiger partial charge in [-0.1, -0.05) is 37.3 Å². The first-order chi connectivity index (χ1) is 8.18. The molecule has 0 amide bonds. The average molecular weight is 230 g/mol. The molecule has 0 aromatic heterocycles. The van der Waals surface area contributed by atoms with Crippen LogP contribution in [0.15, 0.2) is 30.3 Å². The minimum Gasteiger partial charge on any atom is -0.300 e. The second-order valence-electron chi connectivity index (χ2n) is 5.72. The normalized spacial score (nSPS) is 24.9. The van der Waals surface area contributed by atoms with Crippen LogP contribution >= 0.6 is 0 Å². The zero-order chi connectivity index (χ0) is 12.1. The molecule has 0 heterocycles. The van der Waals surface area contributed by atoms with E-state index in [2.05, 4.69) is 37.3 Å². The number of carbonyl (C=O) groups is 1. The van der Waals surface area contributed by atoms with Gasteiger partial charge in [0.25, 0.3) is 0 Å². The first-order valence-corrected chi connectivity index (χ1v) is 6.74. The Bertz CT molecular complexity index is 368. The van der Waals surface area contributed by atoms with Gasteiger partial charge in [0, 0.05) is 12.8 Å². The van der Waals surface area contributed by atoms with E-state index >= 15 is 0 Å². The minimum absolute atomic E-state index is 0.282. The summed E-state index contributed by atoms with van der Waals surface area (Å²) in [6.45, 7) is 2.29. The first kappa shape index (κ1) is 12.3. The number of hydrogen-bond donors (Lipinski definition) is 0. The number of aryl methyl sites for hydroxylation is 1. The van der Waals surface area contributed by atoms with Gasteiger partial charge in [-0.3, -0.25) is 4.79 Å². The topological polar surface area (TPSA) is 17.1 Å². The standard InChI is InChI=1S/C16H22O/c1-16(12-6-10-15(17)13-16)11-5-9-14-7-3-2-4-8-14/h2-4,7-8H,5-6,9-13H2,1H3/t16-/m0/s1. The van der Waals surface area contributed by atoms with Crippen molar-refractivity contribution in [1.29, 1.82) is 0 Å². The maximum atomic E-state index is 11.5. The third-order valence-corrected chi connectivity index (χ3v) is 3.95. The average Bonchev–Trinajstić information content (AvgIpc) is 2.30. The molecule has 2 rings (SSSR count). The van der Waals surface area contributed by atoms with Gasteiger partial charge in [-0.15, -0.1) is 0 Å². The Balaban J connectivity index is 1.80. The third-order valence-electron chi connectivity index (χ3n) is 3.95. The van der Waals surface area contributed by atoms with E-state index in [1.54, 1.807) is 0 Å². The molecule has 0 spiro atoms. The summed E-state index contributed by atoms with van der Waals surface area (Å²) in [6.07, 6.45) is 7.48. The van der Waals surface area contributed by atoms with Crippen LogP contribution in [-0.4, -0.2) is 5.78 Å². The fraction of sp³-hybridized carbons (Fsp3) is 0.562. The van der Waals surface area contributed by atoms with E-state index in [-0.39, 0.29) is 5.41 Å². The first-order valence-electron chi connectivity index (χ1n) is 6.74. The van der Waals surface area contributed by atoms with E-state index < -0.39 is 0 Å². The highest BCUT2D eigenvalue weighted by Crippen LogP contribution is 2.38. The highest BCUT2D eigenvalue weighted by Gasteiger charge is 2.30. The van der Waals surface area contributed by atoms with E-state index in [9.17, 15) is 4.79 Å². The number of hydrogen-bond acceptors (Lipinski definition) is 1. The smallest absolute Gasteiger partial charge is 0.133 e. The Labute approximate surface area is 104 Å². The molecule has 0 radical (unpaired) electrons. The Kier molecular flexibility index (Phi) is 3.98. The third kappa shape index (κ3) is 3.69. The van der Waals surface area contributed by atoms with Crippen LogP contribution < -0.4 is 0 Å². The molecule has 1 aromatic carbocycles. The summed E-state index contributed by atoms with van der Waals surface area (Å²) in [5, 5.41) is 0. The van der Waals surface area contributed by atoms with Gasteiger partial charge in [-0.2, -0.15) is 0 Å². The molecule has 1 nitrogen and oxygen atoms in total. The van der Waals surface area contributed by atoms with E-state index in [1.807, 2.05) is 0 Å². The summed E-state index contributed by atoms with van der Waals surface area (Å²) in [5.74, 6) is 0.471. The van der Waals surface area contributed by atoms with Gasteiger partial charge in [-0.25, -0.2) is 0 Å². The zero-order valence-corrected chi connectivity index (χ0v) is 10.7. The Morgan fingerprint density at radius 2 is 2.00 bits per heavy atom. The van der Waals surface area contributed by atoms with Crippen LogP contribution in [0.25, 0.3) is 0 Å². The van der Waals surface area contributed by atoms with Crippen LogP contribution in [0.2, 0.25) is 0 Å². The van der Waals surface area contributed by atoms with E-state index in [1.165, 1.54) is 24.8 Å². The van der Waals surface area contributed by atoms with Gasteiger partial charge in [0.1, 0.15) is 5.78 Å². The van der Waals surface area contributed by atoms with Crippen molar-refractivity contribution >= 4 is 5.78 Å². The second kappa shape index (κ2) is 5.48. The quantitative estimate of drug-likeness (QED) is 0.759. The second-order valence-corrected chi connectivity index (χ2v) is 5.72. The molecule has 0 aliphatic heterocycles. The molecular weight excluding hydrogens is 208 g/mol. The molecule has 1 aliphatic rings. The maximum absolute atomic E-state index is 11.5. The van der Waals surface area contributed by atoms with Crippen LogP contribution in [0.1, 0.15) is 51.0 Å². The highest BCUT2D eigenvalue weighted by molar-refractivity contribution is 5.79. The van der Waals surface area contributed by atoms with Crippen LogP contribution in [0.4, 0.5) is 0 Å². The number of ketones is 1. The van der Waals surface area contributed by atoms with Crippen LogP contribution in [0.5, 0.6) is 0 Å². The monoisotopic (exact) mass is 230 g/mol. The predicted molar refractivity (Wildman–Crippen MR) is 71.0 cm³/mol. The Morgan fingerprint density at radius 1 is 1.24 bits per heavy atom. The SMILES string of the molecule is C[C@]1(CCCc2ccccc2)CCCC(=O)C1. The van der Waals surface area contributed by atoms with Gasteiger partial charge < -0.3 is 0 Å². The maximum Gasteiger partial charge on any atom is 0.133 e. The lowest BCUT2D eigenvalue weighted by Gasteiger charge is -2.32. The lowest BCUT2D eigenvalue weighted by atomic mass is 9.72. The zero-order valence-electron chi connectivity index (χ0n) is 10.7. The van der Waals surface area contributed by atoms with E-state index in [0.29, 0.717) is 5.78 Å². The van der Waals surface area contributed by atoms with Crippen LogP contribution in [0.3, 0.4) is 0 Å². The van der Waals surface area contributed by atoms with Gasteiger partial charge in [0.15, 0.2) is 0 Å².